The number of ether oxygens (including phenoxy) is 1. The van der Waals surface area contributed by atoms with E-state index >= 15 is 0 Å². The molecule has 1 unspecified atom stereocenters. The quantitative estimate of drug-likeness (QED) is 0.786. The van der Waals surface area contributed by atoms with Gasteiger partial charge < -0.3 is 10.1 Å². The summed E-state index contributed by atoms with van der Waals surface area (Å²) in [4.78, 5) is 26.3. The molecule has 2 heterocycles. The minimum atomic E-state index is -0.330. The second kappa shape index (κ2) is 6.84. The Morgan fingerprint density at radius 2 is 2.08 bits per heavy atom. The number of benzene rings is 1. The van der Waals surface area contributed by atoms with Crippen LogP contribution in [-0.2, 0) is 16.0 Å². The Labute approximate surface area is 155 Å². The smallest absolute Gasteiger partial charge is 0.341 e. The average Bonchev–Trinajstić information content (AvgIpc) is 3.21. The molecule has 2 aliphatic rings. The number of hydrogen-bond acceptors (Lipinski definition) is 5. The predicted molar refractivity (Wildman–Crippen MR) is 101 cm³/mol. The second-order valence-corrected chi connectivity index (χ2v) is 8.42. The molecule has 1 N–H and O–H groups in total. The highest BCUT2D eigenvalue weighted by molar-refractivity contribution is 8.01. The van der Waals surface area contributed by atoms with E-state index in [1.54, 1.807) is 18.7 Å². The van der Waals surface area contributed by atoms with Gasteiger partial charge in [-0.2, -0.15) is 0 Å². The highest BCUT2D eigenvalue weighted by atomic mass is 32.2. The molecule has 4 rings (SSSR count). The van der Waals surface area contributed by atoms with Crippen LogP contribution in [0.4, 0.5) is 5.00 Å². The van der Waals surface area contributed by atoms with Gasteiger partial charge in [0, 0.05) is 4.90 Å². The summed E-state index contributed by atoms with van der Waals surface area (Å²) in [7, 11) is 0. The number of thioether (sulfide) groups is 1. The summed E-state index contributed by atoms with van der Waals surface area (Å²) in [5, 5.41) is 5.46. The third-order valence-corrected chi connectivity index (χ3v) is 6.72. The van der Waals surface area contributed by atoms with Gasteiger partial charge in [-0.3, -0.25) is 4.79 Å². The van der Waals surface area contributed by atoms with Crippen molar-refractivity contribution in [3.05, 3.63) is 46.3 Å². The fourth-order valence-electron chi connectivity index (χ4n) is 3.09. The molecule has 0 saturated heterocycles. The highest BCUT2D eigenvalue weighted by Crippen LogP contribution is 2.46. The maximum absolute atomic E-state index is 12.7. The molecule has 6 heteroatoms. The van der Waals surface area contributed by atoms with Gasteiger partial charge in [0.05, 0.1) is 17.4 Å². The predicted octanol–water partition coefficient (Wildman–Crippen LogP) is 4.46. The number of rotatable bonds is 5. The molecular weight excluding hydrogens is 354 g/mol. The Balaban J connectivity index is 1.53. The first-order valence-corrected chi connectivity index (χ1v) is 10.3. The standard InChI is InChI=1S/C19H19NO3S2/c1-2-23-19(22)16-13(11-7-8-11)10-24-18(16)20-17(21)15-9-12-5-3-4-6-14(12)25-15/h3-6,10-11,15H,2,7-9H2,1H3,(H,20,21). The van der Waals surface area contributed by atoms with Crippen molar-refractivity contribution in [2.24, 2.45) is 0 Å². The summed E-state index contributed by atoms with van der Waals surface area (Å²) in [6.07, 6.45) is 2.93. The highest BCUT2D eigenvalue weighted by Gasteiger charge is 2.34. The molecule has 1 aromatic heterocycles. The molecule has 1 atom stereocenters. The summed E-state index contributed by atoms with van der Waals surface area (Å²) in [5.41, 5.74) is 2.80. The van der Waals surface area contributed by atoms with Crippen LogP contribution >= 0.6 is 23.1 Å². The zero-order chi connectivity index (χ0) is 17.4. The lowest BCUT2D eigenvalue weighted by molar-refractivity contribution is -0.115. The van der Waals surface area contributed by atoms with Crippen LogP contribution in [0.25, 0.3) is 0 Å². The van der Waals surface area contributed by atoms with Crippen LogP contribution in [0.1, 0.15) is 47.2 Å². The summed E-state index contributed by atoms with van der Waals surface area (Å²) in [6, 6.07) is 8.11. The Hall–Kier alpha value is -1.79. The van der Waals surface area contributed by atoms with Gasteiger partial charge in [0.2, 0.25) is 5.91 Å². The molecule has 130 valence electrons. The fraction of sp³-hybridized carbons (Fsp3) is 0.368. The van der Waals surface area contributed by atoms with Crippen molar-refractivity contribution in [2.45, 2.75) is 42.2 Å². The van der Waals surface area contributed by atoms with E-state index in [1.165, 1.54) is 16.9 Å². The minimum absolute atomic E-state index is 0.0454. The molecule has 0 bridgehead atoms. The summed E-state index contributed by atoms with van der Waals surface area (Å²) in [5.74, 6) is 0.0608. The van der Waals surface area contributed by atoms with Crippen LogP contribution in [0.2, 0.25) is 0 Å². The third kappa shape index (κ3) is 3.33. The third-order valence-electron chi connectivity index (χ3n) is 4.49. The number of nitrogens with one attached hydrogen (secondary N) is 1. The van der Waals surface area contributed by atoms with Crippen LogP contribution in [0.15, 0.2) is 34.5 Å². The van der Waals surface area contributed by atoms with Gasteiger partial charge in [0.1, 0.15) is 5.00 Å². The number of thiophene rings is 1. The van der Waals surface area contributed by atoms with Crippen molar-refractivity contribution in [1.82, 2.24) is 0 Å². The summed E-state index contributed by atoms with van der Waals surface area (Å²) >= 11 is 3.02. The van der Waals surface area contributed by atoms with E-state index in [-0.39, 0.29) is 17.1 Å². The molecule has 1 saturated carbocycles. The topological polar surface area (TPSA) is 55.4 Å². The maximum atomic E-state index is 12.7. The zero-order valence-corrected chi connectivity index (χ0v) is 15.5. The van der Waals surface area contributed by atoms with Crippen molar-refractivity contribution < 1.29 is 14.3 Å². The van der Waals surface area contributed by atoms with E-state index < -0.39 is 0 Å². The SMILES string of the molecule is CCOC(=O)c1c(C2CC2)csc1NC(=O)C1Cc2ccccc2S1. The second-order valence-electron chi connectivity index (χ2n) is 6.30. The molecular formula is C19H19NO3S2. The van der Waals surface area contributed by atoms with Crippen molar-refractivity contribution >= 4 is 40.0 Å². The number of esters is 1. The Morgan fingerprint density at radius 3 is 2.80 bits per heavy atom. The van der Waals surface area contributed by atoms with Crippen molar-refractivity contribution in [3.8, 4) is 0 Å². The summed E-state index contributed by atoms with van der Waals surface area (Å²) < 4.78 is 5.21. The van der Waals surface area contributed by atoms with E-state index in [0.717, 1.165) is 29.7 Å². The van der Waals surface area contributed by atoms with Crippen LogP contribution in [0.5, 0.6) is 0 Å². The molecule has 25 heavy (non-hydrogen) atoms. The summed E-state index contributed by atoms with van der Waals surface area (Å²) in [6.45, 7) is 2.13. The molecule has 1 aliphatic carbocycles. The fourth-order valence-corrected chi connectivity index (χ4v) is 5.32. The van der Waals surface area contributed by atoms with Gasteiger partial charge in [-0.1, -0.05) is 18.2 Å². The average molecular weight is 373 g/mol. The maximum Gasteiger partial charge on any atom is 0.341 e. The van der Waals surface area contributed by atoms with Crippen molar-refractivity contribution in [2.75, 3.05) is 11.9 Å². The number of hydrogen-bond donors (Lipinski definition) is 1. The van der Waals surface area contributed by atoms with Gasteiger partial charge in [0.15, 0.2) is 0 Å². The number of carbonyl (C=O) groups excluding carboxylic acids is 2. The Bertz CT molecular complexity index is 801. The van der Waals surface area contributed by atoms with Gasteiger partial charge in [-0.25, -0.2) is 4.79 Å². The molecule has 4 nitrogen and oxygen atoms in total. The van der Waals surface area contributed by atoms with Gasteiger partial charge in [0.25, 0.3) is 0 Å². The monoisotopic (exact) mass is 373 g/mol. The molecule has 1 aliphatic heterocycles. The van der Waals surface area contributed by atoms with E-state index in [1.807, 2.05) is 23.6 Å². The van der Waals surface area contributed by atoms with E-state index in [9.17, 15) is 9.59 Å². The lowest BCUT2D eigenvalue weighted by Gasteiger charge is -2.11. The first-order valence-electron chi connectivity index (χ1n) is 8.51. The largest absolute Gasteiger partial charge is 0.462 e. The molecule has 0 spiro atoms. The van der Waals surface area contributed by atoms with Gasteiger partial charge >= 0.3 is 5.97 Å². The van der Waals surface area contributed by atoms with Gasteiger partial charge in [-0.15, -0.1) is 23.1 Å². The van der Waals surface area contributed by atoms with E-state index in [4.69, 9.17) is 4.74 Å². The lowest BCUT2D eigenvalue weighted by atomic mass is 10.1. The number of carbonyl (C=O) groups is 2. The zero-order valence-electron chi connectivity index (χ0n) is 13.9. The van der Waals surface area contributed by atoms with Crippen LogP contribution in [0, 0.1) is 0 Å². The first-order chi connectivity index (χ1) is 12.2. The van der Waals surface area contributed by atoms with Crippen LogP contribution < -0.4 is 5.32 Å². The first kappa shape index (κ1) is 16.7. The van der Waals surface area contributed by atoms with Crippen molar-refractivity contribution in [1.29, 1.82) is 0 Å². The molecule has 1 amide bonds. The molecule has 2 aromatic rings. The van der Waals surface area contributed by atoms with Crippen LogP contribution in [0.3, 0.4) is 0 Å². The molecule has 1 aromatic carbocycles. The normalized spacial score (nSPS) is 18.7. The van der Waals surface area contributed by atoms with E-state index in [0.29, 0.717) is 23.1 Å². The number of fused-ring (bicyclic) bond motifs is 1. The van der Waals surface area contributed by atoms with E-state index in [2.05, 4.69) is 11.4 Å². The lowest BCUT2D eigenvalue weighted by Crippen LogP contribution is -2.25. The number of amides is 1. The van der Waals surface area contributed by atoms with Crippen molar-refractivity contribution in [3.63, 3.8) is 0 Å². The van der Waals surface area contributed by atoms with Gasteiger partial charge in [-0.05, 0) is 54.7 Å². The minimum Gasteiger partial charge on any atom is -0.462 e. The molecule has 0 radical (unpaired) electrons. The Morgan fingerprint density at radius 1 is 1.28 bits per heavy atom. The Kier molecular flexibility index (Phi) is 4.56. The molecule has 1 fully saturated rings. The number of anilines is 1. The van der Waals surface area contributed by atoms with Crippen LogP contribution in [-0.4, -0.2) is 23.7 Å².